The molecule has 0 saturated heterocycles. The summed E-state index contributed by atoms with van der Waals surface area (Å²) in [5, 5.41) is 0. The predicted molar refractivity (Wildman–Crippen MR) is 94.4 cm³/mol. The van der Waals surface area contributed by atoms with Crippen molar-refractivity contribution in [2.45, 2.75) is 22.8 Å². The molecule has 1 aliphatic heterocycles. The van der Waals surface area contributed by atoms with E-state index in [9.17, 15) is 0 Å². The first kappa shape index (κ1) is 12.4. The summed E-state index contributed by atoms with van der Waals surface area (Å²) in [6.07, 6.45) is 0. The summed E-state index contributed by atoms with van der Waals surface area (Å²) in [6, 6.07) is 16.6. The molecular formula is C17H21ClN2S. The molecule has 0 bridgehead atoms. The van der Waals surface area contributed by atoms with E-state index in [1.165, 1.54) is 14.7 Å². The van der Waals surface area contributed by atoms with E-state index in [4.69, 9.17) is 4.11 Å². The Morgan fingerprint density at radius 3 is 2.14 bits per heavy atom. The molecule has 0 N–H and O–H groups in total. The monoisotopic (exact) mass is 323 g/mol. The van der Waals surface area contributed by atoms with Crippen LogP contribution in [-0.4, -0.2) is 31.5 Å². The molecule has 0 fully saturated rings. The minimum absolute atomic E-state index is 0. The Bertz CT molecular complexity index is 663. The largest absolute Gasteiger partial charge is 0.335 e. The number of likely N-dealkylation sites (N-methyl/N-ethyl adjacent to an activating group) is 1. The van der Waals surface area contributed by atoms with Crippen molar-refractivity contribution >= 4 is 35.5 Å². The van der Waals surface area contributed by atoms with Crippen LogP contribution in [0.15, 0.2) is 58.3 Å². The van der Waals surface area contributed by atoms with Gasteiger partial charge in [-0.1, -0.05) is 36.0 Å². The van der Waals surface area contributed by atoms with E-state index in [0.29, 0.717) is 6.54 Å². The highest BCUT2D eigenvalue weighted by Gasteiger charge is 2.26. The maximum atomic E-state index is 7.57. The van der Waals surface area contributed by atoms with E-state index in [2.05, 4.69) is 36.1 Å². The van der Waals surface area contributed by atoms with Gasteiger partial charge in [0.1, 0.15) is 0 Å². The second-order valence-electron chi connectivity index (χ2n) is 5.14. The van der Waals surface area contributed by atoms with Gasteiger partial charge in [-0.15, -0.1) is 12.4 Å². The van der Waals surface area contributed by atoms with Crippen LogP contribution in [0.1, 0.15) is 11.0 Å². The Morgan fingerprint density at radius 2 is 1.62 bits per heavy atom. The van der Waals surface area contributed by atoms with Crippen LogP contribution in [0.5, 0.6) is 0 Å². The summed E-state index contributed by atoms with van der Waals surface area (Å²) in [7, 11) is 1.65. The average Bonchev–Trinajstić information content (AvgIpc) is 2.51. The van der Waals surface area contributed by atoms with Gasteiger partial charge in [0.2, 0.25) is 0 Å². The van der Waals surface area contributed by atoms with Gasteiger partial charge in [0, 0.05) is 26.5 Å². The van der Waals surface area contributed by atoms with Crippen LogP contribution in [0, 0.1) is 0 Å². The molecule has 0 aliphatic carbocycles. The summed E-state index contributed by atoms with van der Waals surface area (Å²) in [4.78, 5) is 6.10. The van der Waals surface area contributed by atoms with Crippen LogP contribution in [0.4, 0.5) is 11.4 Å². The van der Waals surface area contributed by atoms with Crippen molar-refractivity contribution in [3.05, 3.63) is 48.5 Å². The number of hydrogen-bond acceptors (Lipinski definition) is 3. The molecule has 0 radical (unpaired) electrons. The molecule has 1 atom stereocenters. The molecule has 1 aliphatic rings. The molecule has 4 heteroatoms. The number of halogens is 1. The summed E-state index contributed by atoms with van der Waals surface area (Å²) >= 11 is 1.76. The number of anilines is 2. The van der Waals surface area contributed by atoms with Crippen LogP contribution in [0.3, 0.4) is 0 Å². The fourth-order valence-electron chi connectivity index (χ4n) is 2.69. The second-order valence-corrected chi connectivity index (χ2v) is 6.22. The average molecular weight is 324 g/mol. The lowest BCUT2D eigenvalue weighted by atomic mass is 10.1. The van der Waals surface area contributed by atoms with E-state index in [0.717, 1.165) is 11.4 Å². The highest BCUT2D eigenvalue weighted by molar-refractivity contribution is 7.99. The van der Waals surface area contributed by atoms with Gasteiger partial charge in [-0.3, -0.25) is 0 Å². The minimum atomic E-state index is -2.07. The first-order chi connectivity index (χ1) is 10.9. The number of benzene rings is 2. The Kier molecular flexibility index (Phi) is 3.97. The fraction of sp³-hybridized carbons (Fsp3) is 0.294. The number of para-hydroxylation sites is 2. The van der Waals surface area contributed by atoms with Gasteiger partial charge in [0.25, 0.3) is 0 Å². The quantitative estimate of drug-likeness (QED) is 0.811. The summed E-state index contributed by atoms with van der Waals surface area (Å²) in [6.45, 7) is 0.466. The number of nitrogens with zero attached hydrogens (tertiary/aromatic N) is 2. The molecule has 112 valence electrons. The van der Waals surface area contributed by atoms with Crippen molar-refractivity contribution in [3.8, 4) is 0 Å². The summed E-state index contributed by atoms with van der Waals surface area (Å²) in [5.41, 5.74) is 2.28. The zero-order valence-electron chi connectivity index (χ0n) is 15.1. The summed E-state index contributed by atoms with van der Waals surface area (Å²) in [5.74, 6) is 0. The lowest BCUT2D eigenvalue weighted by Gasteiger charge is -2.38. The number of rotatable bonds is 3. The van der Waals surface area contributed by atoms with Crippen LogP contribution < -0.4 is 4.90 Å². The molecule has 21 heavy (non-hydrogen) atoms. The molecule has 0 amide bonds. The predicted octanol–water partition coefficient (Wildman–Crippen LogP) is 4.66. The molecule has 2 aromatic carbocycles. The maximum Gasteiger partial charge on any atom is 0.0555 e. The van der Waals surface area contributed by atoms with Gasteiger partial charge < -0.3 is 9.80 Å². The molecule has 0 spiro atoms. The van der Waals surface area contributed by atoms with Crippen molar-refractivity contribution in [1.29, 1.82) is 0 Å². The van der Waals surface area contributed by atoms with Crippen molar-refractivity contribution in [1.82, 2.24) is 4.90 Å². The van der Waals surface area contributed by atoms with E-state index < -0.39 is 6.98 Å². The standard InChI is InChI=1S/C17H20N2S.ClH/c1-13(12-18(2)3)19-14-8-4-6-10-16(14)20-17-11-7-5-9-15(17)19;/h4-11,13H,12H2,1-3H3;1H/i2D3;. The Morgan fingerprint density at radius 1 is 1.10 bits per heavy atom. The van der Waals surface area contributed by atoms with Crippen LogP contribution >= 0.6 is 24.2 Å². The third-order valence-corrected chi connectivity index (χ3v) is 4.58. The highest BCUT2D eigenvalue weighted by atomic mass is 35.5. The van der Waals surface area contributed by atoms with Crippen LogP contribution in [-0.2, 0) is 0 Å². The molecule has 3 rings (SSSR count). The number of hydrogen-bond donors (Lipinski definition) is 0. The zero-order chi connectivity index (χ0) is 16.6. The maximum absolute atomic E-state index is 7.57. The summed E-state index contributed by atoms with van der Waals surface area (Å²) < 4.78 is 22.7. The zero-order valence-corrected chi connectivity index (χ0v) is 13.7. The van der Waals surface area contributed by atoms with Gasteiger partial charge in [0.05, 0.1) is 11.4 Å². The molecule has 2 aromatic rings. The number of fused-ring (bicyclic) bond motifs is 2. The lowest BCUT2D eigenvalue weighted by Crippen LogP contribution is -2.38. The van der Waals surface area contributed by atoms with Crippen molar-refractivity contribution < 1.29 is 4.11 Å². The van der Waals surface area contributed by atoms with Crippen LogP contribution in [0.25, 0.3) is 0 Å². The lowest BCUT2D eigenvalue weighted by molar-refractivity contribution is 0.380. The third-order valence-electron chi connectivity index (χ3n) is 3.45. The minimum Gasteiger partial charge on any atom is -0.335 e. The topological polar surface area (TPSA) is 6.48 Å². The highest BCUT2D eigenvalue weighted by Crippen LogP contribution is 2.48. The van der Waals surface area contributed by atoms with Crippen LogP contribution in [0.2, 0.25) is 0 Å². The van der Waals surface area contributed by atoms with Crippen molar-refractivity contribution in [2.75, 3.05) is 25.5 Å². The first-order valence-electron chi connectivity index (χ1n) is 8.24. The van der Waals surface area contributed by atoms with Gasteiger partial charge in [-0.25, -0.2) is 0 Å². The van der Waals surface area contributed by atoms with Gasteiger partial charge in [0.15, 0.2) is 0 Å². The van der Waals surface area contributed by atoms with Gasteiger partial charge in [-0.2, -0.15) is 0 Å². The Labute approximate surface area is 141 Å². The third kappa shape index (κ3) is 3.20. The van der Waals surface area contributed by atoms with E-state index >= 15 is 0 Å². The smallest absolute Gasteiger partial charge is 0.0555 e. The van der Waals surface area contributed by atoms with Crippen molar-refractivity contribution in [2.24, 2.45) is 0 Å². The van der Waals surface area contributed by atoms with Gasteiger partial charge in [-0.05, 0) is 45.2 Å². The molecule has 0 aromatic heterocycles. The fourth-order valence-corrected chi connectivity index (χ4v) is 3.76. The molecule has 2 nitrogen and oxygen atoms in total. The molecule has 0 saturated carbocycles. The van der Waals surface area contributed by atoms with Crippen molar-refractivity contribution in [3.63, 3.8) is 0 Å². The molecule has 1 unspecified atom stereocenters. The van der Waals surface area contributed by atoms with E-state index in [1.807, 2.05) is 24.3 Å². The Hall–Kier alpha value is -1.16. The molecule has 1 heterocycles. The van der Waals surface area contributed by atoms with E-state index in [-0.39, 0.29) is 18.4 Å². The normalized spacial score (nSPS) is 16.9. The van der Waals surface area contributed by atoms with E-state index in [1.54, 1.807) is 18.8 Å². The second kappa shape index (κ2) is 6.73. The Balaban J connectivity index is 0.00000208. The first-order valence-corrected chi connectivity index (χ1v) is 7.56. The SMILES string of the molecule is Cl.[2H]C([2H])([2H])N(C)CC(C)N1c2ccccc2Sc2ccccc21. The van der Waals surface area contributed by atoms with Gasteiger partial charge >= 0.3 is 0 Å². The molecular weight excluding hydrogens is 300 g/mol.